The van der Waals surface area contributed by atoms with Crippen molar-refractivity contribution in [2.75, 3.05) is 5.32 Å². The van der Waals surface area contributed by atoms with Crippen molar-refractivity contribution in [2.45, 2.75) is 34.1 Å². The summed E-state index contributed by atoms with van der Waals surface area (Å²) >= 11 is 3.13. The van der Waals surface area contributed by atoms with Crippen molar-refractivity contribution in [3.63, 3.8) is 0 Å². The van der Waals surface area contributed by atoms with Crippen molar-refractivity contribution >= 4 is 33.7 Å². The third-order valence-corrected chi connectivity index (χ3v) is 6.03. The molecule has 0 unspecified atom stereocenters. The Labute approximate surface area is 150 Å². The second-order valence-electron chi connectivity index (χ2n) is 5.83. The molecule has 2 heterocycles. The van der Waals surface area contributed by atoms with Crippen molar-refractivity contribution in [3.05, 3.63) is 56.1 Å². The number of amides is 1. The van der Waals surface area contributed by atoms with Crippen LogP contribution in [-0.2, 0) is 6.42 Å². The Morgan fingerprint density at radius 1 is 1.17 bits per heavy atom. The average Bonchev–Trinajstić information content (AvgIpc) is 3.17. The molecule has 1 aromatic carbocycles. The van der Waals surface area contributed by atoms with Gasteiger partial charge < -0.3 is 0 Å². The molecule has 0 radical (unpaired) electrons. The number of rotatable bonds is 4. The predicted octanol–water partition coefficient (Wildman–Crippen LogP) is 5.61. The Kier molecular flexibility index (Phi) is 4.83. The minimum atomic E-state index is -0.0914. The lowest BCUT2D eigenvalue weighted by Gasteiger charge is -2.03. The van der Waals surface area contributed by atoms with E-state index in [1.54, 1.807) is 11.3 Å². The first-order valence-electron chi connectivity index (χ1n) is 7.91. The number of nitrogens with one attached hydrogen (secondary N) is 1. The quantitative estimate of drug-likeness (QED) is 0.660. The summed E-state index contributed by atoms with van der Waals surface area (Å²) in [6.07, 6.45) is 0.950. The normalized spacial score (nSPS) is 10.8. The minimum absolute atomic E-state index is 0.0914. The molecule has 0 aliphatic carbocycles. The van der Waals surface area contributed by atoms with E-state index >= 15 is 0 Å². The summed E-state index contributed by atoms with van der Waals surface area (Å²) in [4.78, 5) is 19.3. The minimum Gasteiger partial charge on any atom is -0.298 e. The fourth-order valence-electron chi connectivity index (χ4n) is 2.46. The molecule has 0 saturated heterocycles. The number of hydrogen-bond donors (Lipinski definition) is 1. The highest BCUT2D eigenvalue weighted by Gasteiger charge is 2.14. The van der Waals surface area contributed by atoms with E-state index in [1.165, 1.54) is 27.3 Å². The zero-order valence-corrected chi connectivity index (χ0v) is 15.9. The van der Waals surface area contributed by atoms with Crippen LogP contribution in [0.3, 0.4) is 0 Å². The predicted molar refractivity (Wildman–Crippen MR) is 103 cm³/mol. The van der Waals surface area contributed by atoms with Crippen LogP contribution in [0.5, 0.6) is 0 Å². The van der Waals surface area contributed by atoms with Crippen LogP contribution in [0.2, 0.25) is 0 Å². The smallest absolute Gasteiger partial charge is 0.258 e. The molecule has 3 nitrogen and oxygen atoms in total. The maximum atomic E-state index is 12.4. The number of aryl methyl sites for hydroxylation is 4. The molecule has 2 aromatic heterocycles. The summed E-state index contributed by atoms with van der Waals surface area (Å²) in [5.41, 5.74) is 5.26. The molecule has 0 aliphatic heterocycles. The molecular formula is C19H20N2OS2. The molecule has 3 rings (SSSR count). The van der Waals surface area contributed by atoms with Crippen LogP contribution in [0.1, 0.15) is 38.2 Å². The van der Waals surface area contributed by atoms with Crippen molar-refractivity contribution in [1.82, 2.24) is 4.98 Å². The SMILES string of the molecule is CCc1cc(C(=O)Nc2nc(-c3ccc(C)c(C)c3)c(C)s2)cs1. The number of carbonyl (C=O) groups excluding carboxylic acids is 1. The van der Waals surface area contributed by atoms with Gasteiger partial charge in [0.25, 0.3) is 5.91 Å². The van der Waals surface area contributed by atoms with E-state index in [0.717, 1.165) is 22.6 Å². The van der Waals surface area contributed by atoms with Gasteiger partial charge >= 0.3 is 0 Å². The van der Waals surface area contributed by atoms with Crippen molar-refractivity contribution in [1.29, 1.82) is 0 Å². The highest BCUT2D eigenvalue weighted by atomic mass is 32.1. The van der Waals surface area contributed by atoms with E-state index in [1.807, 2.05) is 18.4 Å². The van der Waals surface area contributed by atoms with Gasteiger partial charge in [0, 0.05) is 20.7 Å². The standard InChI is InChI=1S/C19H20N2OS2/c1-5-16-9-15(10-23-16)18(22)21-19-20-17(13(4)24-19)14-7-6-11(2)12(3)8-14/h6-10H,5H2,1-4H3,(H,20,21,22). The first kappa shape index (κ1) is 16.9. The van der Waals surface area contributed by atoms with E-state index in [0.29, 0.717) is 10.7 Å². The first-order chi connectivity index (χ1) is 11.5. The Bertz CT molecular complexity index is 893. The van der Waals surface area contributed by atoms with Gasteiger partial charge in [-0.2, -0.15) is 0 Å². The van der Waals surface area contributed by atoms with Gasteiger partial charge in [-0.25, -0.2) is 4.98 Å². The topological polar surface area (TPSA) is 42.0 Å². The fraction of sp³-hybridized carbons (Fsp3) is 0.263. The molecule has 0 aliphatic rings. The van der Waals surface area contributed by atoms with Gasteiger partial charge in [-0.05, 0) is 50.5 Å². The van der Waals surface area contributed by atoms with Crippen LogP contribution in [0.15, 0.2) is 29.6 Å². The summed E-state index contributed by atoms with van der Waals surface area (Å²) < 4.78 is 0. The summed E-state index contributed by atoms with van der Waals surface area (Å²) in [7, 11) is 0. The van der Waals surface area contributed by atoms with Crippen LogP contribution in [-0.4, -0.2) is 10.9 Å². The lowest BCUT2D eigenvalue weighted by atomic mass is 10.0. The zero-order chi connectivity index (χ0) is 17.3. The van der Waals surface area contributed by atoms with Crippen molar-refractivity contribution < 1.29 is 4.79 Å². The molecule has 0 bridgehead atoms. The molecule has 1 amide bonds. The van der Waals surface area contributed by atoms with E-state index in [4.69, 9.17) is 0 Å². The van der Waals surface area contributed by atoms with E-state index in [2.05, 4.69) is 49.3 Å². The third kappa shape index (κ3) is 3.42. The monoisotopic (exact) mass is 356 g/mol. The van der Waals surface area contributed by atoms with Crippen molar-refractivity contribution in [2.24, 2.45) is 0 Å². The molecule has 3 aromatic rings. The van der Waals surface area contributed by atoms with Gasteiger partial charge in [0.15, 0.2) is 5.13 Å². The molecule has 0 saturated carbocycles. The molecule has 0 fully saturated rings. The number of thiazole rings is 1. The van der Waals surface area contributed by atoms with Gasteiger partial charge in [-0.3, -0.25) is 10.1 Å². The summed E-state index contributed by atoms with van der Waals surface area (Å²) in [5.74, 6) is -0.0914. The van der Waals surface area contributed by atoms with Gasteiger partial charge in [-0.15, -0.1) is 22.7 Å². The summed E-state index contributed by atoms with van der Waals surface area (Å²) in [6, 6.07) is 8.29. The van der Waals surface area contributed by atoms with E-state index in [9.17, 15) is 4.79 Å². The molecule has 124 valence electrons. The summed E-state index contributed by atoms with van der Waals surface area (Å²) in [6.45, 7) is 8.33. The van der Waals surface area contributed by atoms with Gasteiger partial charge in [0.2, 0.25) is 0 Å². The Morgan fingerprint density at radius 2 is 1.96 bits per heavy atom. The number of anilines is 1. The molecular weight excluding hydrogens is 336 g/mol. The average molecular weight is 357 g/mol. The van der Waals surface area contributed by atoms with Crippen LogP contribution in [0, 0.1) is 20.8 Å². The highest BCUT2D eigenvalue weighted by Crippen LogP contribution is 2.31. The Hall–Kier alpha value is -1.98. The second kappa shape index (κ2) is 6.87. The number of carbonyl (C=O) groups is 1. The second-order valence-corrected chi connectivity index (χ2v) is 8.03. The number of nitrogens with zero attached hydrogens (tertiary/aromatic N) is 1. The third-order valence-electron chi connectivity index (χ3n) is 4.06. The lowest BCUT2D eigenvalue weighted by molar-refractivity contribution is 0.102. The number of benzene rings is 1. The van der Waals surface area contributed by atoms with Crippen LogP contribution in [0.25, 0.3) is 11.3 Å². The molecule has 5 heteroatoms. The molecule has 0 spiro atoms. The van der Waals surface area contributed by atoms with E-state index in [-0.39, 0.29) is 5.91 Å². The molecule has 0 atom stereocenters. The number of aromatic nitrogens is 1. The van der Waals surface area contributed by atoms with Gasteiger partial charge in [-0.1, -0.05) is 19.1 Å². The van der Waals surface area contributed by atoms with Crippen LogP contribution >= 0.6 is 22.7 Å². The lowest BCUT2D eigenvalue weighted by Crippen LogP contribution is -2.10. The largest absolute Gasteiger partial charge is 0.298 e. The highest BCUT2D eigenvalue weighted by molar-refractivity contribution is 7.16. The number of thiophene rings is 1. The number of hydrogen-bond acceptors (Lipinski definition) is 4. The molecule has 1 N–H and O–H groups in total. The van der Waals surface area contributed by atoms with E-state index < -0.39 is 0 Å². The van der Waals surface area contributed by atoms with Gasteiger partial charge in [0.1, 0.15) is 0 Å². The summed E-state index contributed by atoms with van der Waals surface area (Å²) in [5, 5.41) is 5.48. The van der Waals surface area contributed by atoms with Gasteiger partial charge in [0.05, 0.1) is 11.3 Å². The van der Waals surface area contributed by atoms with Crippen LogP contribution < -0.4 is 5.32 Å². The maximum absolute atomic E-state index is 12.4. The van der Waals surface area contributed by atoms with Crippen LogP contribution in [0.4, 0.5) is 5.13 Å². The first-order valence-corrected chi connectivity index (χ1v) is 9.61. The fourth-order valence-corrected chi connectivity index (χ4v) is 4.11. The Morgan fingerprint density at radius 3 is 2.62 bits per heavy atom. The zero-order valence-electron chi connectivity index (χ0n) is 14.3. The van der Waals surface area contributed by atoms with Crippen molar-refractivity contribution in [3.8, 4) is 11.3 Å². The molecule has 24 heavy (non-hydrogen) atoms. The maximum Gasteiger partial charge on any atom is 0.258 e. The Balaban J connectivity index is 1.83.